The lowest BCUT2D eigenvalue weighted by Crippen LogP contribution is -2.57. The largest absolute Gasteiger partial charge is 0.467 e. The van der Waals surface area contributed by atoms with Gasteiger partial charge in [-0.15, -0.1) is 0 Å². The molecule has 0 spiro atoms. The third kappa shape index (κ3) is 10.6. The molecule has 12 heteroatoms. The molecule has 0 aromatic heterocycles. The van der Waals surface area contributed by atoms with Gasteiger partial charge in [0, 0.05) is 23.6 Å². The third-order valence-electron chi connectivity index (χ3n) is 9.11. The van der Waals surface area contributed by atoms with Crippen LogP contribution >= 0.6 is 7.29 Å². The molecular formula is C39H52N5O6P. The molecule has 0 bridgehead atoms. The SMILES string of the molecule is COC(=O)[C@H](Cc1ccccc1)NC(=O)[C@H](CCCCN)NC(=O)[C@H](CC(C)C)NC(=O)[C@@H]1CCCN1P(=O)(c1ccccc1)c1ccccc1. The Hall–Kier alpha value is -4.31. The van der Waals surface area contributed by atoms with Crippen molar-refractivity contribution in [2.75, 3.05) is 20.2 Å². The van der Waals surface area contributed by atoms with Crippen LogP contribution in [0.5, 0.6) is 0 Å². The predicted octanol–water partition coefficient (Wildman–Crippen LogP) is 3.43. The van der Waals surface area contributed by atoms with Gasteiger partial charge >= 0.3 is 5.97 Å². The Kier molecular flexibility index (Phi) is 15.0. The average Bonchev–Trinajstić information content (AvgIpc) is 3.65. The number of amides is 3. The molecular weight excluding hydrogens is 665 g/mol. The normalized spacial score (nSPS) is 16.5. The van der Waals surface area contributed by atoms with Crippen LogP contribution in [0.25, 0.3) is 0 Å². The van der Waals surface area contributed by atoms with Crippen molar-refractivity contribution in [3.8, 4) is 0 Å². The fourth-order valence-corrected chi connectivity index (χ4v) is 9.60. The van der Waals surface area contributed by atoms with Gasteiger partial charge in [0.25, 0.3) is 0 Å². The first kappa shape index (κ1) is 39.5. The number of hydrogen-bond donors (Lipinski definition) is 4. The number of nitrogens with one attached hydrogen (secondary N) is 3. The van der Waals surface area contributed by atoms with Crippen LogP contribution in [0.2, 0.25) is 0 Å². The van der Waals surface area contributed by atoms with Crippen LogP contribution in [0.1, 0.15) is 57.9 Å². The number of carbonyl (C=O) groups excluding carboxylic acids is 4. The number of nitrogens with two attached hydrogens (primary N) is 1. The van der Waals surface area contributed by atoms with Gasteiger partial charge in [0.2, 0.25) is 25.0 Å². The number of unbranched alkanes of at least 4 members (excludes halogenated alkanes) is 1. The van der Waals surface area contributed by atoms with E-state index in [-0.39, 0.29) is 18.8 Å². The van der Waals surface area contributed by atoms with Gasteiger partial charge in [-0.25, -0.2) is 9.46 Å². The number of hydrogen-bond acceptors (Lipinski definition) is 7. The van der Waals surface area contributed by atoms with E-state index in [0.717, 1.165) is 5.56 Å². The van der Waals surface area contributed by atoms with Crippen LogP contribution in [0.4, 0.5) is 0 Å². The Morgan fingerprint density at radius 2 is 1.35 bits per heavy atom. The predicted molar refractivity (Wildman–Crippen MR) is 200 cm³/mol. The van der Waals surface area contributed by atoms with Crippen molar-refractivity contribution in [3.05, 3.63) is 96.6 Å². The summed E-state index contributed by atoms with van der Waals surface area (Å²) in [6.07, 6.45) is 3.14. The summed E-state index contributed by atoms with van der Waals surface area (Å²) in [4.78, 5) is 54.5. The Balaban J connectivity index is 1.55. The highest BCUT2D eigenvalue weighted by Crippen LogP contribution is 2.51. The average molecular weight is 718 g/mol. The van der Waals surface area contributed by atoms with Crippen molar-refractivity contribution < 1.29 is 28.5 Å². The molecule has 0 radical (unpaired) electrons. The van der Waals surface area contributed by atoms with Gasteiger partial charge in [-0.3, -0.25) is 18.9 Å². The summed E-state index contributed by atoms with van der Waals surface area (Å²) < 4.78 is 21.9. The molecule has 11 nitrogen and oxygen atoms in total. The Labute approximate surface area is 301 Å². The molecule has 1 aliphatic rings. The monoisotopic (exact) mass is 717 g/mol. The summed E-state index contributed by atoms with van der Waals surface area (Å²) in [5, 5.41) is 9.89. The van der Waals surface area contributed by atoms with Crippen LogP contribution in [0, 0.1) is 5.92 Å². The maximum absolute atomic E-state index is 15.1. The molecule has 4 rings (SSSR count). The van der Waals surface area contributed by atoms with E-state index in [2.05, 4.69) is 16.0 Å². The van der Waals surface area contributed by atoms with Gasteiger partial charge in [-0.1, -0.05) is 80.6 Å². The molecule has 274 valence electrons. The summed E-state index contributed by atoms with van der Waals surface area (Å²) in [5.74, 6) is -2.01. The second-order valence-corrected chi connectivity index (χ2v) is 16.1. The van der Waals surface area contributed by atoms with E-state index < -0.39 is 55.2 Å². The Bertz CT molecular complexity index is 1580. The first-order valence-electron chi connectivity index (χ1n) is 17.8. The van der Waals surface area contributed by atoms with Crippen LogP contribution in [0.15, 0.2) is 91.0 Å². The minimum absolute atomic E-state index is 0.0274. The molecule has 3 amide bonds. The molecule has 1 heterocycles. The van der Waals surface area contributed by atoms with Crippen molar-refractivity contribution in [3.63, 3.8) is 0 Å². The fraction of sp³-hybridized carbons (Fsp3) is 0.436. The number of ether oxygens (including phenoxy) is 1. The number of carbonyl (C=O) groups is 4. The summed E-state index contributed by atoms with van der Waals surface area (Å²) in [6, 6.07) is 24.0. The Morgan fingerprint density at radius 3 is 1.90 bits per heavy atom. The molecule has 51 heavy (non-hydrogen) atoms. The van der Waals surface area contributed by atoms with Crippen LogP contribution in [0.3, 0.4) is 0 Å². The molecule has 3 aromatic rings. The number of benzene rings is 3. The maximum atomic E-state index is 15.1. The second-order valence-electron chi connectivity index (χ2n) is 13.4. The van der Waals surface area contributed by atoms with E-state index in [0.29, 0.717) is 55.8 Å². The third-order valence-corrected chi connectivity index (χ3v) is 12.3. The van der Waals surface area contributed by atoms with Crippen molar-refractivity contribution in [2.24, 2.45) is 11.7 Å². The summed E-state index contributed by atoms with van der Waals surface area (Å²) in [5.41, 5.74) is 6.56. The summed E-state index contributed by atoms with van der Waals surface area (Å²) >= 11 is 0. The number of esters is 1. The standard InChI is InChI=1S/C39H52N5O6P/c1-28(2)26-33(37(46)41-32(22-13-14-24-40)36(45)43-34(39(48)50-3)27-29-16-7-4-8-17-29)42-38(47)35-23-15-25-44(35)51(49,30-18-9-5-10-19-30)31-20-11-6-12-21-31/h4-12,16-21,28,32-35H,13-15,22-27,40H2,1-3H3,(H,41,46)(H,42,47)(H,43,45)/t32-,33-,34-,35-/m0/s1. The number of nitrogens with zero attached hydrogens (tertiary/aromatic N) is 1. The lowest BCUT2D eigenvalue weighted by molar-refractivity contribution is -0.145. The smallest absolute Gasteiger partial charge is 0.328 e. The van der Waals surface area contributed by atoms with Crippen molar-refractivity contribution >= 4 is 41.6 Å². The zero-order valence-electron chi connectivity index (χ0n) is 29.8. The minimum Gasteiger partial charge on any atom is -0.467 e. The highest BCUT2D eigenvalue weighted by Gasteiger charge is 2.45. The van der Waals surface area contributed by atoms with E-state index >= 15 is 4.57 Å². The lowest BCUT2D eigenvalue weighted by atomic mass is 10.0. The number of rotatable bonds is 18. The van der Waals surface area contributed by atoms with Gasteiger partial charge in [0.15, 0.2) is 0 Å². The molecule has 0 unspecified atom stereocenters. The molecule has 1 aliphatic heterocycles. The van der Waals surface area contributed by atoms with E-state index in [4.69, 9.17) is 10.5 Å². The van der Waals surface area contributed by atoms with E-state index in [1.54, 1.807) is 4.67 Å². The van der Waals surface area contributed by atoms with Gasteiger partial charge in [0.05, 0.1) is 13.2 Å². The molecule has 0 aliphatic carbocycles. The van der Waals surface area contributed by atoms with Gasteiger partial charge < -0.3 is 26.4 Å². The van der Waals surface area contributed by atoms with Gasteiger partial charge in [0.1, 0.15) is 18.1 Å². The second kappa shape index (κ2) is 19.3. The van der Waals surface area contributed by atoms with Crippen LogP contribution < -0.4 is 32.3 Å². The highest BCUT2D eigenvalue weighted by molar-refractivity contribution is 7.76. The Morgan fingerprint density at radius 1 is 0.804 bits per heavy atom. The molecule has 0 saturated carbocycles. The minimum atomic E-state index is -3.41. The summed E-state index contributed by atoms with van der Waals surface area (Å²) in [6.45, 7) is 4.77. The first-order valence-corrected chi connectivity index (χ1v) is 19.5. The first-order chi connectivity index (χ1) is 24.6. The molecule has 3 aromatic carbocycles. The molecule has 4 atom stereocenters. The van der Waals surface area contributed by atoms with Gasteiger partial charge in [-0.05, 0) is 80.8 Å². The zero-order valence-corrected chi connectivity index (χ0v) is 30.7. The van der Waals surface area contributed by atoms with E-state index in [1.165, 1.54) is 7.11 Å². The summed E-state index contributed by atoms with van der Waals surface area (Å²) in [7, 11) is -2.15. The number of methoxy groups -OCH3 is 1. The molecule has 1 saturated heterocycles. The van der Waals surface area contributed by atoms with Crippen LogP contribution in [-0.2, 0) is 34.9 Å². The van der Waals surface area contributed by atoms with Crippen molar-refractivity contribution in [1.82, 2.24) is 20.6 Å². The quantitative estimate of drug-likeness (QED) is 0.0886. The van der Waals surface area contributed by atoms with Crippen molar-refractivity contribution in [1.29, 1.82) is 0 Å². The molecule has 1 fully saturated rings. The maximum Gasteiger partial charge on any atom is 0.328 e. The topological polar surface area (TPSA) is 160 Å². The van der Waals surface area contributed by atoms with E-state index in [9.17, 15) is 19.2 Å². The highest BCUT2D eigenvalue weighted by atomic mass is 31.2. The van der Waals surface area contributed by atoms with E-state index in [1.807, 2.05) is 105 Å². The van der Waals surface area contributed by atoms with Crippen molar-refractivity contribution in [2.45, 2.75) is 83.0 Å². The lowest BCUT2D eigenvalue weighted by Gasteiger charge is -2.34. The molecule has 5 N–H and O–H groups in total. The van der Waals surface area contributed by atoms with Gasteiger partial charge in [-0.2, -0.15) is 0 Å². The zero-order chi connectivity index (χ0) is 36.8. The van der Waals surface area contributed by atoms with Crippen LogP contribution in [-0.4, -0.2) is 72.7 Å². The fourth-order valence-electron chi connectivity index (χ4n) is 6.52.